The Morgan fingerprint density at radius 1 is 1.16 bits per heavy atom. The molecule has 6 nitrogen and oxygen atoms in total. The monoisotopic (exact) mass is 364 g/mol. The van der Waals surface area contributed by atoms with Gasteiger partial charge < -0.3 is 10.0 Å². The van der Waals surface area contributed by atoms with Crippen molar-refractivity contribution >= 4 is 32.5 Å². The van der Waals surface area contributed by atoms with E-state index < -0.39 is 22.0 Å². The number of sulfonamides is 1. The van der Waals surface area contributed by atoms with E-state index in [4.69, 9.17) is 0 Å². The van der Waals surface area contributed by atoms with E-state index in [1.807, 2.05) is 38.1 Å². The maximum Gasteiger partial charge on any atom is 0.322 e. The fraction of sp³-hybridized carbons (Fsp3) is 0.389. The van der Waals surface area contributed by atoms with Crippen LogP contribution in [0.15, 0.2) is 41.3 Å². The summed E-state index contributed by atoms with van der Waals surface area (Å²) >= 11 is 0. The minimum Gasteiger partial charge on any atom is -0.480 e. The van der Waals surface area contributed by atoms with Crippen LogP contribution in [0.5, 0.6) is 0 Å². The fourth-order valence-electron chi connectivity index (χ4n) is 2.77. The molecule has 0 fully saturated rings. The van der Waals surface area contributed by atoms with E-state index in [-0.39, 0.29) is 10.8 Å². The molecule has 136 valence electrons. The highest BCUT2D eigenvalue weighted by Gasteiger charge is 2.30. The van der Waals surface area contributed by atoms with Crippen molar-refractivity contribution in [3.63, 3.8) is 0 Å². The Bertz CT molecular complexity index is 878. The van der Waals surface area contributed by atoms with Gasteiger partial charge in [-0.25, -0.2) is 8.42 Å². The van der Waals surface area contributed by atoms with E-state index in [1.54, 1.807) is 25.1 Å². The van der Waals surface area contributed by atoms with Crippen molar-refractivity contribution in [3.8, 4) is 0 Å². The van der Waals surface area contributed by atoms with E-state index in [9.17, 15) is 18.3 Å². The molecule has 2 atom stereocenters. The minimum atomic E-state index is -3.98. The molecule has 25 heavy (non-hydrogen) atoms. The third-order valence-electron chi connectivity index (χ3n) is 4.39. The van der Waals surface area contributed by atoms with Crippen LogP contribution in [0.4, 0.5) is 5.69 Å². The molecule has 0 aliphatic carbocycles. The highest BCUT2D eigenvalue weighted by atomic mass is 32.2. The smallest absolute Gasteiger partial charge is 0.322 e. The average molecular weight is 364 g/mol. The van der Waals surface area contributed by atoms with Crippen molar-refractivity contribution in [3.05, 3.63) is 36.4 Å². The maximum absolute atomic E-state index is 12.9. The summed E-state index contributed by atoms with van der Waals surface area (Å²) in [7, 11) is -0.205. The summed E-state index contributed by atoms with van der Waals surface area (Å²) in [5, 5.41) is 10.7. The molecule has 7 heteroatoms. The number of carboxylic acids is 1. The molecular weight excluding hydrogens is 340 g/mol. The molecule has 2 aromatic carbocycles. The van der Waals surface area contributed by atoms with Crippen LogP contribution in [0.25, 0.3) is 10.8 Å². The largest absolute Gasteiger partial charge is 0.480 e. The molecule has 0 radical (unpaired) electrons. The van der Waals surface area contributed by atoms with Gasteiger partial charge in [0.25, 0.3) is 0 Å². The zero-order valence-corrected chi connectivity index (χ0v) is 15.7. The quantitative estimate of drug-likeness (QED) is 0.789. The summed E-state index contributed by atoms with van der Waals surface area (Å²) in [4.78, 5) is 13.5. The van der Waals surface area contributed by atoms with E-state index in [0.717, 1.165) is 11.1 Å². The summed E-state index contributed by atoms with van der Waals surface area (Å²) < 4.78 is 28.1. The number of aliphatic carboxylic acids is 1. The maximum atomic E-state index is 12.9. The Morgan fingerprint density at radius 3 is 2.32 bits per heavy atom. The average Bonchev–Trinajstić information content (AvgIpc) is 2.57. The first-order valence-electron chi connectivity index (χ1n) is 8.13. The SMILES string of the molecule is CC[C@@H](C)[C@H](NS(=O)(=O)c1cccc2c(N(C)C)cccc12)C(=O)O. The standard InChI is InChI=1S/C18H24N2O4S/c1-5-12(2)17(18(21)22)19-25(23,24)16-11-7-8-13-14(16)9-6-10-15(13)20(3)4/h6-12,17,19H,5H2,1-4H3,(H,21,22)/t12-,17+/m1/s1. The molecule has 0 bridgehead atoms. The number of rotatable bonds is 7. The van der Waals surface area contributed by atoms with Crippen molar-refractivity contribution in [1.82, 2.24) is 4.72 Å². The zero-order chi connectivity index (χ0) is 18.8. The van der Waals surface area contributed by atoms with E-state index in [2.05, 4.69) is 4.72 Å². The van der Waals surface area contributed by atoms with Crippen LogP contribution in [0.3, 0.4) is 0 Å². The van der Waals surface area contributed by atoms with Gasteiger partial charge in [-0.15, -0.1) is 0 Å². The number of benzene rings is 2. The molecule has 0 saturated carbocycles. The first kappa shape index (κ1) is 19.2. The predicted octanol–water partition coefficient (Wildman–Crippen LogP) is 2.68. The number of hydrogen-bond acceptors (Lipinski definition) is 4. The lowest BCUT2D eigenvalue weighted by atomic mass is 10.0. The fourth-order valence-corrected chi connectivity index (χ4v) is 4.28. The Hall–Kier alpha value is -2.12. The molecule has 2 N–H and O–H groups in total. The van der Waals surface area contributed by atoms with Gasteiger partial charge >= 0.3 is 5.97 Å². The van der Waals surface area contributed by atoms with Crippen LogP contribution in [-0.2, 0) is 14.8 Å². The lowest BCUT2D eigenvalue weighted by molar-refractivity contribution is -0.140. The molecule has 2 aromatic rings. The molecule has 0 aromatic heterocycles. The molecule has 0 amide bonds. The number of fused-ring (bicyclic) bond motifs is 1. The molecular formula is C18H24N2O4S. The second-order valence-corrected chi connectivity index (χ2v) is 8.03. The first-order chi connectivity index (χ1) is 11.7. The molecule has 0 heterocycles. The van der Waals surface area contributed by atoms with Gasteiger partial charge in [0.15, 0.2) is 0 Å². The van der Waals surface area contributed by atoms with Crippen LogP contribution in [-0.4, -0.2) is 39.6 Å². The zero-order valence-electron chi connectivity index (χ0n) is 14.9. The third kappa shape index (κ3) is 3.93. The normalized spacial score (nSPS) is 14.2. The second-order valence-electron chi connectivity index (χ2n) is 6.35. The Kier molecular flexibility index (Phi) is 5.69. The Labute approximate surface area is 148 Å². The Morgan fingerprint density at radius 2 is 1.76 bits per heavy atom. The van der Waals surface area contributed by atoms with Crippen LogP contribution in [0, 0.1) is 5.92 Å². The van der Waals surface area contributed by atoms with Crippen molar-refractivity contribution in [2.75, 3.05) is 19.0 Å². The van der Waals surface area contributed by atoms with Crippen LogP contribution in [0.2, 0.25) is 0 Å². The number of carboxylic acid groups (broad SMARTS) is 1. The van der Waals surface area contributed by atoms with Gasteiger partial charge in [0.2, 0.25) is 10.0 Å². The highest BCUT2D eigenvalue weighted by molar-refractivity contribution is 7.89. The molecule has 0 saturated heterocycles. The van der Waals surface area contributed by atoms with Crippen molar-refractivity contribution in [2.45, 2.75) is 31.2 Å². The van der Waals surface area contributed by atoms with Crippen LogP contribution in [0.1, 0.15) is 20.3 Å². The topological polar surface area (TPSA) is 86.7 Å². The minimum absolute atomic E-state index is 0.0863. The van der Waals surface area contributed by atoms with Gasteiger partial charge in [0.1, 0.15) is 6.04 Å². The van der Waals surface area contributed by atoms with Gasteiger partial charge in [-0.3, -0.25) is 4.79 Å². The molecule has 0 unspecified atom stereocenters. The number of anilines is 1. The van der Waals surface area contributed by atoms with Crippen LogP contribution < -0.4 is 9.62 Å². The van der Waals surface area contributed by atoms with Gasteiger partial charge in [0.05, 0.1) is 4.90 Å². The first-order valence-corrected chi connectivity index (χ1v) is 9.61. The highest BCUT2D eigenvalue weighted by Crippen LogP contribution is 2.30. The lowest BCUT2D eigenvalue weighted by Gasteiger charge is -2.21. The van der Waals surface area contributed by atoms with Crippen molar-refractivity contribution < 1.29 is 18.3 Å². The number of carbonyl (C=O) groups is 1. The van der Waals surface area contributed by atoms with Gasteiger partial charge in [-0.05, 0) is 18.1 Å². The van der Waals surface area contributed by atoms with E-state index in [0.29, 0.717) is 11.8 Å². The van der Waals surface area contributed by atoms with E-state index in [1.165, 1.54) is 6.07 Å². The second kappa shape index (κ2) is 7.41. The Balaban J connectivity index is 2.57. The van der Waals surface area contributed by atoms with Gasteiger partial charge in [-0.1, -0.05) is 44.5 Å². The van der Waals surface area contributed by atoms with E-state index >= 15 is 0 Å². The molecule has 2 rings (SSSR count). The van der Waals surface area contributed by atoms with Crippen molar-refractivity contribution in [1.29, 1.82) is 0 Å². The lowest BCUT2D eigenvalue weighted by Crippen LogP contribution is -2.44. The molecule has 0 aliphatic rings. The summed E-state index contributed by atoms with van der Waals surface area (Å²) in [6.07, 6.45) is 0.555. The predicted molar refractivity (Wildman–Crippen MR) is 99.5 cm³/mol. The summed E-state index contributed by atoms with van der Waals surface area (Å²) in [6.45, 7) is 3.55. The van der Waals surface area contributed by atoms with Gasteiger partial charge in [-0.2, -0.15) is 4.72 Å². The van der Waals surface area contributed by atoms with Crippen molar-refractivity contribution in [2.24, 2.45) is 5.92 Å². The summed E-state index contributed by atoms with van der Waals surface area (Å²) in [6, 6.07) is 9.29. The number of hydrogen-bond donors (Lipinski definition) is 2. The molecule has 0 spiro atoms. The third-order valence-corrected chi connectivity index (χ3v) is 5.89. The number of nitrogens with zero attached hydrogens (tertiary/aromatic N) is 1. The van der Waals surface area contributed by atoms with Gasteiger partial charge in [0, 0.05) is 30.6 Å². The summed E-state index contributed by atoms with van der Waals surface area (Å²) in [5.41, 5.74) is 0.895. The summed E-state index contributed by atoms with van der Waals surface area (Å²) in [5.74, 6) is -1.49. The van der Waals surface area contributed by atoms with Crippen LogP contribution >= 0.6 is 0 Å². The number of nitrogens with one attached hydrogen (secondary N) is 1. The molecule has 0 aliphatic heterocycles.